The van der Waals surface area contributed by atoms with E-state index >= 15 is 0 Å². The van der Waals surface area contributed by atoms with Gasteiger partial charge in [-0.1, -0.05) is 41.9 Å². The number of carbonyl (C=O) groups is 1. The van der Waals surface area contributed by atoms with Crippen LogP contribution in [0.25, 0.3) is 0 Å². The highest BCUT2D eigenvalue weighted by Crippen LogP contribution is 2.16. The predicted octanol–water partition coefficient (Wildman–Crippen LogP) is 4.07. The van der Waals surface area contributed by atoms with Crippen molar-refractivity contribution in [2.24, 2.45) is 4.99 Å². The highest BCUT2D eigenvalue weighted by molar-refractivity contribution is 14.0. The second kappa shape index (κ2) is 12.9. The molecule has 1 aliphatic heterocycles. The van der Waals surface area contributed by atoms with Gasteiger partial charge in [-0.3, -0.25) is 9.79 Å². The molecule has 1 heterocycles. The summed E-state index contributed by atoms with van der Waals surface area (Å²) < 4.78 is 5.56. The quantitative estimate of drug-likeness (QED) is 0.307. The van der Waals surface area contributed by atoms with Crippen molar-refractivity contribution in [3.05, 3.63) is 70.2 Å². The summed E-state index contributed by atoms with van der Waals surface area (Å²) in [4.78, 5) is 18.8. The second-order valence-corrected chi connectivity index (χ2v) is 7.80. The second-order valence-electron chi connectivity index (χ2n) is 7.39. The number of benzene rings is 2. The summed E-state index contributed by atoms with van der Waals surface area (Å²) in [7, 11) is 3.72. The van der Waals surface area contributed by atoms with E-state index in [0.29, 0.717) is 25.2 Å². The number of carbonyl (C=O) groups excluding carboxylic acids is 1. The molecule has 1 aliphatic rings. The van der Waals surface area contributed by atoms with Gasteiger partial charge in [0.25, 0.3) is 5.91 Å². The lowest BCUT2D eigenvalue weighted by molar-refractivity contribution is 0.0857. The third-order valence-electron chi connectivity index (χ3n) is 5.09. The van der Waals surface area contributed by atoms with Gasteiger partial charge in [0, 0.05) is 50.9 Å². The molecule has 2 N–H and O–H groups in total. The number of rotatable bonds is 7. The molecule has 8 heteroatoms. The molecule has 2 aromatic carbocycles. The maximum absolute atomic E-state index is 12.5. The molecule has 0 bridgehead atoms. The zero-order valence-electron chi connectivity index (χ0n) is 17.9. The van der Waals surface area contributed by atoms with Gasteiger partial charge in [0.05, 0.1) is 6.10 Å². The molecule has 31 heavy (non-hydrogen) atoms. The van der Waals surface area contributed by atoms with Crippen molar-refractivity contribution in [2.45, 2.75) is 32.0 Å². The molecule has 168 valence electrons. The van der Waals surface area contributed by atoms with Crippen molar-refractivity contribution >= 4 is 47.4 Å². The molecule has 1 amide bonds. The van der Waals surface area contributed by atoms with Crippen molar-refractivity contribution in [3.8, 4) is 0 Å². The van der Waals surface area contributed by atoms with Crippen molar-refractivity contribution in [2.75, 3.05) is 27.2 Å². The third-order valence-corrected chi connectivity index (χ3v) is 5.46. The number of aliphatic imine (C=N–C) groups is 1. The number of amides is 1. The molecular formula is C23H30ClIN4O2. The van der Waals surface area contributed by atoms with Gasteiger partial charge in [-0.2, -0.15) is 0 Å². The monoisotopic (exact) mass is 556 g/mol. The molecule has 1 fully saturated rings. The van der Waals surface area contributed by atoms with Crippen LogP contribution in [-0.4, -0.2) is 50.1 Å². The Kier molecular flexibility index (Phi) is 10.6. The first kappa shape index (κ1) is 25.4. The van der Waals surface area contributed by atoms with Gasteiger partial charge >= 0.3 is 0 Å². The van der Waals surface area contributed by atoms with E-state index in [1.807, 2.05) is 60.5 Å². The Labute approximate surface area is 206 Å². The molecule has 6 nitrogen and oxygen atoms in total. The number of halogens is 2. The van der Waals surface area contributed by atoms with Crippen LogP contribution >= 0.6 is 35.6 Å². The molecule has 0 radical (unpaired) electrons. The fourth-order valence-electron chi connectivity index (χ4n) is 3.46. The first-order valence-electron chi connectivity index (χ1n) is 10.2. The van der Waals surface area contributed by atoms with Gasteiger partial charge in [-0.05, 0) is 42.2 Å². The summed E-state index contributed by atoms with van der Waals surface area (Å²) in [5.74, 6) is 0.677. The Hall–Kier alpha value is -1.84. The van der Waals surface area contributed by atoms with Gasteiger partial charge in [-0.25, -0.2) is 0 Å². The Morgan fingerprint density at radius 3 is 2.74 bits per heavy atom. The molecule has 2 aromatic rings. The summed E-state index contributed by atoms with van der Waals surface area (Å²) in [6, 6.07) is 15.4. The van der Waals surface area contributed by atoms with Crippen LogP contribution < -0.4 is 10.6 Å². The van der Waals surface area contributed by atoms with Crippen LogP contribution in [0.5, 0.6) is 0 Å². The van der Waals surface area contributed by atoms with E-state index in [1.54, 1.807) is 7.05 Å². The lowest BCUT2D eigenvalue weighted by Gasteiger charge is -2.22. The molecule has 1 atom stereocenters. The molecular weight excluding hydrogens is 527 g/mol. The van der Waals surface area contributed by atoms with E-state index in [-0.39, 0.29) is 36.0 Å². The number of nitrogens with one attached hydrogen (secondary N) is 2. The Bertz CT molecular complexity index is 887. The zero-order chi connectivity index (χ0) is 21.3. The smallest absolute Gasteiger partial charge is 0.251 e. The summed E-state index contributed by atoms with van der Waals surface area (Å²) in [6.07, 6.45) is 2.20. The first-order valence-corrected chi connectivity index (χ1v) is 10.6. The van der Waals surface area contributed by atoms with Crippen LogP contribution in [0.1, 0.15) is 34.3 Å². The normalized spacial score (nSPS) is 15.8. The fourth-order valence-corrected chi connectivity index (χ4v) is 3.65. The molecule has 0 spiro atoms. The topological polar surface area (TPSA) is 66.0 Å². The van der Waals surface area contributed by atoms with E-state index in [4.69, 9.17) is 16.3 Å². The van der Waals surface area contributed by atoms with Gasteiger partial charge in [0.15, 0.2) is 5.96 Å². The van der Waals surface area contributed by atoms with E-state index < -0.39 is 0 Å². The highest BCUT2D eigenvalue weighted by atomic mass is 127. The van der Waals surface area contributed by atoms with E-state index in [1.165, 1.54) is 0 Å². The summed E-state index contributed by atoms with van der Waals surface area (Å²) in [5.41, 5.74) is 2.69. The summed E-state index contributed by atoms with van der Waals surface area (Å²) >= 11 is 6.27. The summed E-state index contributed by atoms with van der Waals surface area (Å²) in [6.45, 7) is 2.55. The van der Waals surface area contributed by atoms with E-state index in [0.717, 1.165) is 41.6 Å². The van der Waals surface area contributed by atoms with E-state index in [2.05, 4.69) is 15.6 Å². The maximum atomic E-state index is 12.5. The Morgan fingerprint density at radius 1 is 1.23 bits per heavy atom. The minimum atomic E-state index is -0.0763. The van der Waals surface area contributed by atoms with Gasteiger partial charge in [0.1, 0.15) is 0 Å². The van der Waals surface area contributed by atoms with Gasteiger partial charge in [-0.15, -0.1) is 24.0 Å². The molecule has 1 unspecified atom stereocenters. The number of hydrogen-bond donors (Lipinski definition) is 2. The SMILES string of the molecule is CN=C(NCc1cccc(C(=O)NCC2CCCO2)c1)N(C)Cc1ccccc1Cl.I. The predicted molar refractivity (Wildman–Crippen MR) is 136 cm³/mol. The average molecular weight is 557 g/mol. The molecule has 0 aliphatic carbocycles. The average Bonchev–Trinajstić information content (AvgIpc) is 3.28. The summed E-state index contributed by atoms with van der Waals surface area (Å²) in [5, 5.41) is 7.05. The van der Waals surface area contributed by atoms with Crippen LogP contribution in [0.4, 0.5) is 0 Å². The van der Waals surface area contributed by atoms with Crippen LogP contribution in [0, 0.1) is 0 Å². The third kappa shape index (κ3) is 7.66. The number of guanidine groups is 1. The Morgan fingerprint density at radius 2 is 2.03 bits per heavy atom. The van der Waals surface area contributed by atoms with Gasteiger partial charge < -0.3 is 20.3 Å². The minimum absolute atomic E-state index is 0. The maximum Gasteiger partial charge on any atom is 0.251 e. The first-order chi connectivity index (χ1) is 14.6. The van der Waals surface area contributed by atoms with Crippen molar-refractivity contribution in [3.63, 3.8) is 0 Å². The van der Waals surface area contributed by atoms with Crippen LogP contribution in [0.3, 0.4) is 0 Å². The largest absolute Gasteiger partial charge is 0.376 e. The van der Waals surface area contributed by atoms with Crippen molar-refractivity contribution in [1.29, 1.82) is 0 Å². The fraction of sp³-hybridized carbons (Fsp3) is 0.391. The van der Waals surface area contributed by atoms with Crippen LogP contribution in [0.15, 0.2) is 53.5 Å². The standard InChI is InChI=1S/C23H29ClN4O2.HI/c1-25-23(28(2)16-19-8-3-4-11-21(19)24)27-14-17-7-5-9-18(13-17)22(29)26-15-20-10-6-12-30-20;/h3-5,7-9,11,13,20H,6,10,12,14-16H2,1-2H3,(H,25,27)(H,26,29);1H. The van der Waals surface area contributed by atoms with Crippen LogP contribution in [-0.2, 0) is 17.8 Å². The van der Waals surface area contributed by atoms with Crippen LogP contribution in [0.2, 0.25) is 5.02 Å². The molecule has 0 saturated carbocycles. The lowest BCUT2D eigenvalue weighted by atomic mass is 10.1. The molecule has 3 rings (SSSR count). The van der Waals surface area contributed by atoms with E-state index in [9.17, 15) is 4.79 Å². The molecule has 0 aromatic heterocycles. The van der Waals surface area contributed by atoms with Gasteiger partial charge in [0.2, 0.25) is 0 Å². The lowest BCUT2D eigenvalue weighted by Crippen LogP contribution is -2.38. The highest BCUT2D eigenvalue weighted by Gasteiger charge is 2.17. The molecule has 1 saturated heterocycles. The van der Waals surface area contributed by atoms with Crippen molar-refractivity contribution in [1.82, 2.24) is 15.5 Å². The minimum Gasteiger partial charge on any atom is -0.376 e. The number of hydrogen-bond acceptors (Lipinski definition) is 3. The zero-order valence-corrected chi connectivity index (χ0v) is 21.0. The Balaban J connectivity index is 0.00000341. The number of nitrogens with zero attached hydrogens (tertiary/aromatic N) is 2. The number of ether oxygens (including phenoxy) is 1. The van der Waals surface area contributed by atoms with Crippen molar-refractivity contribution < 1.29 is 9.53 Å².